The molecule has 2 heterocycles. The Bertz CT molecular complexity index is 670. The van der Waals surface area contributed by atoms with Crippen molar-refractivity contribution < 1.29 is 23.5 Å². The van der Waals surface area contributed by atoms with Gasteiger partial charge < -0.3 is 14.4 Å². The van der Waals surface area contributed by atoms with Crippen LogP contribution >= 0.6 is 7.75 Å². The normalized spacial score (nSPS) is 10.9. The number of hydrogen-bond donors (Lipinski definition) is 0. The van der Waals surface area contributed by atoms with E-state index in [2.05, 4.69) is 84.8 Å². The lowest BCUT2D eigenvalue weighted by Gasteiger charge is -2.35. The Morgan fingerprint density at radius 3 is 1.33 bits per heavy atom. The second-order valence-electron chi connectivity index (χ2n) is 6.25. The molecule has 0 aliphatic carbocycles. The van der Waals surface area contributed by atoms with Crippen molar-refractivity contribution in [3.8, 4) is 0 Å². The van der Waals surface area contributed by atoms with Crippen molar-refractivity contribution in [3.63, 3.8) is 0 Å². The van der Waals surface area contributed by atoms with E-state index >= 15 is 0 Å². The third-order valence-electron chi connectivity index (χ3n) is 4.22. The molecular formula is C18H36N5O3P. The molecule has 0 spiro atoms. The zero-order chi connectivity index (χ0) is 21.2. The minimum Gasteiger partial charge on any atom is -0.799 e. The average molecular weight is 401 g/mol. The zero-order valence-corrected chi connectivity index (χ0v) is 18.9. The molecule has 156 valence electrons. The predicted octanol–water partition coefficient (Wildman–Crippen LogP) is 0.167. The molecule has 0 bridgehead atoms. The molecule has 27 heavy (non-hydrogen) atoms. The zero-order valence-electron chi connectivity index (χ0n) is 18.0. The van der Waals surface area contributed by atoms with E-state index in [0.29, 0.717) is 4.67 Å². The standard InChI is InChI=1S/2C8H15N2.C2H8NO3P/c2*1-4-8-9(3)6-7-10(8)5-2;1-3(2)7(4,5)6/h2*6-7H,4-5H2,1-3H3;1-2H3,(H2,4,5,6)/q2*+1;/p-2. The molecule has 9 heteroatoms. The summed E-state index contributed by atoms with van der Waals surface area (Å²) in [5, 5.41) is 0. The fourth-order valence-electron chi connectivity index (χ4n) is 2.59. The summed E-state index contributed by atoms with van der Waals surface area (Å²) in [4.78, 5) is 19.5. The highest BCUT2D eigenvalue weighted by Crippen LogP contribution is 2.24. The van der Waals surface area contributed by atoms with E-state index in [9.17, 15) is 14.4 Å². The summed E-state index contributed by atoms with van der Waals surface area (Å²) in [7, 11) is 2.16. The fourth-order valence-corrected chi connectivity index (χ4v) is 2.59. The first-order chi connectivity index (χ1) is 12.5. The molecule has 0 atom stereocenters. The van der Waals surface area contributed by atoms with Gasteiger partial charge in [0.25, 0.3) is 11.6 Å². The minimum atomic E-state index is -4.40. The number of imidazole rings is 2. The molecule has 0 amide bonds. The van der Waals surface area contributed by atoms with Crippen LogP contribution < -0.4 is 18.9 Å². The maximum atomic E-state index is 9.73. The van der Waals surface area contributed by atoms with Gasteiger partial charge in [-0.2, -0.15) is 0 Å². The van der Waals surface area contributed by atoms with Gasteiger partial charge >= 0.3 is 0 Å². The van der Waals surface area contributed by atoms with Crippen molar-refractivity contribution in [2.45, 2.75) is 53.6 Å². The van der Waals surface area contributed by atoms with Crippen LogP contribution in [0.4, 0.5) is 0 Å². The Morgan fingerprint density at radius 1 is 0.889 bits per heavy atom. The largest absolute Gasteiger partial charge is 0.799 e. The first kappa shape index (κ1) is 25.5. The van der Waals surface area contributed by atoms with E-state index in [1.807, 2.05) is 0 Å². The summed E-state index contributed by atoms with van der Waals surface area (Å²) in [5.41, 5.74) is 0. The molecule has 0 aromatic carbocycles. The number of hydrogen-bond acceptors (Lipinski definition) is 3. The topological polar surface area (TPSA) is 84.0 Å². The van der Waals surface area contributed by atoms with Gasteiger partial charge in [-0.1, -0.05) is 13.8 Å². The smallest absolute Gasteiger partial charge is 0.255 e. The van der Waals surface area contributed by atoms with Crippen LogP contribution in [0.3, 0.4) is 0 Å². The van der Waals surface area contributed by atoms with Gasteiger partial charge in [0.15, 0.2) is 0 Å². The number of rotatable bonds is 5. The highest BCUT2D eigenvalue weighted by atomic mass is 31.2. The van der Waals surface area contributed by atoms with E-state index in [4.69, 9.17) is 0 Å². The summed E-state index contributed by atoms with van der Waals surface area (Å²) in [6.07, 6.45) is 10.7. The van der Waals surface area contributed by atoms with Gasteiger partial charge in [-0.15, -0.1) is 0 Å². The molecule has 0 saturated carbocycles. The van der Waals surface area contributed by atoms with Crippen molar-refractivity contribution in [3.05, 3.63) is 36.4 Å². The van der Waals surface area contributed by atoms with Crippen LogP contribution in [0, 0.1) is 0 Å². The highest BCUT2D eigenvalue weighted by Gasteiger charge is 2.09. The lowest BCUT2D eigenvalue weighted by atomic mass is 10.4. The number of aromatic nitrogens is 4. The monoisotopic (exact) mass is 401 g/mol. The first-order valence-corrected chi connectivity index (χ1v) is 10.8. The maximum Gasteiger partial charge on any atom is 0.255 e. The van der Waals surface area contributed by atoms with Crippen molar-refractivity contribution in [1.82, 2.24) is 13.8 Å². The van der Waals surface area contributed by atoms with E-state index in [1.165, 1.54) is 25.7 Å². The van der Waals surface area contributed by atoms with Crippen molar-refractivity contribution >= 4 is 7.75 Å². The average Bonchev–Trinajstić information content (AvgIpc) is 3.16. The lowest BCUT2D eigenvalue weighted by molar-refractivity contribution is -0.678. The summed E-state index contributed by atoms with van der Waals surface area (Å²) in [6, 6.07) is 0. The molecule has 0 radical (unpaired) electrons. The molecule has 0 N–H and O–H groups in total. The molecule has 0 aliphatic rings. The Hall–Kier alpha value is -1.47. The van der Waals surface area contributed by atoms with Gasteiger partial charge in [-0.3, -0.25) is 4.67 Å². The molecule has 2 rings (SSSR count). The lowest BCUT2D eigenvalue weighted by Crippen LogP contribution is -2.31. The summed E-state index contributed by atoms with van der Waals surface area (Å²) in [6.45, 7) is 10.8. The van der Waals surface area contributed by atoms with Crippen molar-refractivity contribution in [2.24, 2.45) is 14.1 Å². The van der Waals surface area contributed by atoms with Gasteiger partial charge in [0.05, 0.1) is 27.2 Å². The number of aryl methyl sites for hydroxylation is 4. The van der Waals surface area contributed by atoms with Crippen LogP contribution in [0.5, 0.6) is 0 Å². The first-order valence-electron chi connectivity index (χ1n) is 9.30. The molecule has 2 aromatic rings. The molecular weight excluding hydrogens is 365 g/mol. The predicted molar refractivity (Wildman–Crippen MR) is 103 cm³/mol. The van der Waals surface area contributed by atoms with Gasteiger partial charge in [-0.25, -0.2) is 18.3 Å². The molecule has 0 unspecified atom stereocenters. The molecule has 2 aromatic heterocycles. The van der Waals surface area contributed by atoms with Crippen LogP contribution in [0.25, 0.3) is 0 Å². The molecule has 8 nitrogen and oxygen atoms in total. The third kappa shape index (κ3) is 8.39. The second kappa shape index (κ2) is 12.1. The third-order valence-corrected chi connectivity index (χ3v) is 5.20. The van der Waals surface area contributed by atoms with Crippen molar-refractivity contribution in [2.75, 3.05) is 14.1 Å². The van der Waals surface area contributed by atoms with Gasteiger partial charge in [0.1, 0.15) is 24.8 Å². The minimum absolute atomic E-state index is 0.632. The van der Waals surface area contributed by atoms with Crippen LogP contribution in [-0.2, 0) is 44.6 Å². The SMILES string of the molecule is CCc1n(CC)cc[n+]1C.CCc1n(CC)cc[n+]1C.CN(C)P(=O)([O-])[O-]. The Kier molecular flexibility index (Phi) is 11.4. The van der Waals surface area contributed by atoms with E-state index in [0.717, 1.165) is 25.9 Å². The second-order valence-corrected chi connectivity index (χ2v) is 7.98. The fraction of sp³-hybridized carbons (Fsp3) is 0.667. The van der Waals surface area contributed by atoms with Crippen LogP contribution in [0.15, 0.2) is 24.8 Å². The Labute approximate surface area is 163 Å². The molecule has 0 saturated heterocycles. The van der Waals surface area contributed by atoms with Gasteiger partial charge in [-0.05, 0) is 35.7 Å². The summed E-state index contributed by atoms with van der Waals surface area (Å²) >= 11 is 0. The maximum absolute atomic E-state index is 9.73. The van der Waals surface area contributed by atoms with E-state index < -0.39 is 7.75 Å². The van der Waals surface area contributed by atoms with Crippen LogP contribution in [0.1, 0.15) is 39.3 Å². The quantitative estimate of drug-likeness (QED) is 0.528. The Balaban J connectivity index is 0.000000384. The Morgan fingerprint density at radius 2 is 1.19 bits per heavy atom. The van der Waals surface area contributed by atoms with Crippen molar-refractivity contribution in [1.29, 1.82) is 0 Å². The van der Waals surface area contributed by atoms with Crippen LogP contribution in [0.2, 0.25) is 0 Å². The van der Waals surface area contributed by atoms with Crippen LogP contribution in [-0.4, -0.2) is 27.9 Å². The van der Waals surface area contributed by atoms with Gasteiger partial charge in [0, 0.05) is 12.8 Å². The summed E-state index contributed by atoms with van der Waals surface area (Å²) in [5.74, 6) is 2.78. The number of nitrogens with zero attached hydrogens (tertiary/aromatic N) is 5. The van der Waals surface area contributed by atoms with E-state index in [1.54, 1.807) is 0 Å². The summed E-state index contributed by atoms with van der Waals surface area (Å²) < 4.78 is 19.2. The molecule has 0 fully saturated rings. The van der Waals surface area contributed by atoms with E-state index in [-0.39, 0.29) is 0 Å². The molecule has 0 aliphatic heterocycles. The highest BCUT2D eigenvalue weighted by molar-refractivity contribution is 7.46. The van der Waals surface area contributed by atoms with Gasteiger partial charge in [0.2, 0.25) is 0 Å².